The second-order valence-electron chi connectivity index (χ2n) is 16.7. The summed E-state index contributed by atoms with van der Waals surface area (Å²) < 4.78 is 56.8. The van der Waals surface area contributed by atoms with Crippen LogP contribution in [0.2, 0.25) is 0 Å². The zero-order valence-electron chi connectivity index (χ0n) is 31.3. The van der Waals surface area contributed by atoms with Crippen LogP contribution >= 0.6 is 0 Å². The summed E-state index contributed by atoms with van der Waals surface area (Å²) >= 11 is 0. The van der Waals surface area contributed by atoms with Gasteiger partial charge in [-0.15, -0.1) is 6.42 Å². The van der Waals surface area contributed by atoms with Gasteiger partial charge in [-0.25, -0.2) is 13.8 Å². The van der Waals surface area contributed by atoms with Gasteiger partial charge in [0.05, 0.1) is 55.4 Å². The van der Waals surface area contributed by atoms with Crippen molar-refractivity contribution in [3.8, 4) is 29.4 Å². The molecule has 3 unspecified atom stereocenters. The zero-order chi connectivity index (χ0) is 38.0. The Bertz CT molecular complexity index is 2050. The van der Waals surface area contributed by atoms with Crippen molar-refractivity contribution in [3.05, 3.63) is 53.2 Å². The number of piperidine rings is 1. The molecule has 6 heterocycles. The predicted molar refractivity (Wildman–Crippen MR) is 203 cm³/mol. The quantitative estimate of drug-likeness (QED) is 0.292. The van der Waals surface area contributed by atoms with E-state index in [4.69, 9.17) is 30.4 Å². The summed E-state index contributed by atoms with van der Waals surface area (Å²) in [5, 5.41) is 25.8. The van der Waals surface area contributed by atoms with Gasteiger partial charge in [-0.2, -0.15) is 0 Å². The fourth-order valence-corrected chi connectivity index (χ4v) is 10.4. The third-order valence-corrected chi connectivity index (χ3v) is 12.9. The number of likely N-dealkylation sites (tertiary alicyclic amines) is 1. The van der Waals surface area contributed by atoms with E-state index in [1.807, 2.05) is 4.90 Å². The summed E-state index contributed by atoms with van der Waals surface area (Å²) in [5.74, 6) is 1.34. The van der Waals surface area contributed by atoms with Gasteiger partial charge in [0.25, 0.3) is 0 Å². The minimum absolute atomic E-state index is 0.0472. The highest BCUT2D eigenvalue weighted by Crippen LogP contribution is 2.50. The number of nitrogens with one attached hydrogen (secondary N) is 1. The van der Waals surface area contributed by atoms with Crippen LogP contribution in [0.3, 0.4) is 0 Å². The van der Waals surface area contributed by atoms with Gasteiger partial charge in [-0.05, 0) is 75.6 Å². The SMILES string of the molecule is C#Cc1c(F)ccc2cc(O)cc(-c3ncc4c(c3F)NC(OC[C@]35CCC[C@H]3N(C3CCOC6(CCOC6)C3)CCC5)N=C4N3CCOC[C@@](C)(O)C3)c12. The van der Waals surface area contributed by atoms with E-state index in [1.165, 1.54) is 30.5 Å². The standard InChI is InChI=1S/C42H49F2N5O6/c1-3-29-32(43)8-7-26-18-28(50)19-30(34(26)29)36-35(44)37-31(21-45-36)38(48-14-17-53-23-40(2,51)22-48)47-39(46-37)54-24-41-10-4-6-33(41)49(13-5-11-41)27-9-15-55-42(20-27)12-16-52-25-42/h1,7-8,18-19,21,27,33,39,46,50-51H,4-6,9-17,20,22-25H2,2H3/t27?,33-,39?,40+,41-,42?/m1/s1. The van der Waals surface area contributed by atoms with E-state index in [9.17, 15) is 10.2 Å². The van der Waals surface area contributed by atoms with Crippen LogP contribution in [0.1, 0.15) is 69.4 Å². The third kappa shape index (κ3) is 6.64. The zero-order valence-corrected chi connectivity index (χ0v) is 31.3. The van der Waals surface area contributed by atoms with Gasteiger partial charge in [0, 0.05) is 60.8 Å². The first-order valence-corrected chi connectivity index (χ1v) is 19.7. The first-order valence-electron chi connectivity index (χ1n) is 19.7. The van der Waals surface area contributed by atoms with Crippen LogP contribution in [0.5, 0.6) is 5.75 Å². The highest BCUT2D eigenvalue weighted by Gasteiger charge is 2.52. The number of aliphatic imine (C=N–C) groups is 1. The Kier molecular flexibility index (Phi) is 9.51. The Hall–Kier alpha value is -3.90. The summed E-state index contributed by atoms with van der Waals surface area (Å²) in [5.41, 5.74) is -0.942. The first kappa shape index (κ1) is 36.7. The fraction of sp³-hybridized carbons (Fsp3) is 0.571. The molecule has 1 aliphatic carbocycles. The maximum atomic E-state index is 17.2. The molecule has 0 amide bonds. The average molecular weight is 758 g/mol. The van der Waals surface area contributed by atoms with Gasteiger partial charge < -0.3 is 39.4 Å². The predicted octanol–water partition coefficient (Wildman–Crippen LogP) is 5.40. The summed E-state index contributed by atoms with van der Waals surface area (Å²) in [6.07, 6.45) is 14.6. The Morgan fingerprint density at radius 3 is 2.75 bits per heavy atom. The number of pyridine rings is 1. The molecule has 9 rings (SSSR count). The molecule has 13 heteroatoms. The lowest BCUT2D eigenvalue weighted by molar-refractivity contribution is -0.130. The molecule has 55 heavy (non-hydrogen) atoms. The number of ether oxygens (including phenoxy) is 4. The largest absolute Gasteiger partial charge is 0.508 e. The Morgan fingerprint density at radius 2 is 1.91 bits per heavy atom. The van der Waals surface area contributed by atoms with Crippen molar-refractivity contribution in [1.82, 2.24) is 14.8 Å². The first-order chi connectivity index (χ1) is 26.6. The number of β-amino-alcohol motifs (C(OH)–C–C–N with tert-alkyl or cyclic N) is 1. The van der Waals surface area contributed by atoms with Crippen LogP contribution in [-0.4, -0.2) is 120 Å². The van der Waals surface area contributed by atoms with Crippen molar-refractivity contribution in [3.63, 3.8) is 0 Å². The minimum atomic E-state index is -1.18. The summed E-state index contributed by atoms with van der Waals surface area (Å²) in [7, 11) is 0. The molecule has 11 nitrogen and oxygen atoms in total. The number of benzene rings is 2. The maximum Gasteiger partial charge on any atom is 0.227 e. The van der Waals surface area contributed by atoms with Gasteiger partial charge in [-0.3, -0.25) is 9.88 Å². The van der Waals surface area contributed by atoms with Crippen LogP contribution in [0.25, 0.3) is 22.0 Å². The molecule has 5 fully saturated rings. The van der Waals surface area contributed by atoms with Crippen LogP contribution < -0.4 is 5.32 Å². The number of fused-ring (bicyclic) bond motifs is 3. The summed E-state index contributed by atoms with van der Waals surface area (Å²) in [6.45, 7) is 6.46. The lowest BCUT2D eigenvalue weighted by Crippen LogP contribution is -2.58. The molecular weight excluding hydrogens is 708 g/mol. The topological polar surface area (TPSA) is 121 Å². The molecule has 0 radical (unpaired) electrons. The molecule has 292 valence electrons. The number of phenolic OH excluding ortho intramolecular Hbond substituents is 1. The van der Waals surface area contributed by atoms with E-state index in [0.717, 1.165) is 71.1 Å². The minimum Gasteiger partial charge on any atom is -0.508 e. The number of terminal acetylenes is 1. The van der Waals surface area contributed by atoms with Crippen LogP contribution in [0, 0.1) is 29.4 Å². The van der Waals surface area contributed by atoms with E-state index in [-0.39, 0.29) is 57.8 Å². The molecule has 4 saturated heterocycles. The molecule has 6 atom stereocenters. The van der Waals surface area contributed by atoms with E-state index in [0.29, 0.717) is 55.2 Å². The van der Waals surface area contributed by atoms with Crippen molar-refractivity contribution in [2.75, 3.05) is 64.6 Å². The molecule has 3 N–H and O–H groups in total. The van der Waals surface area contributed by atoms with Gasteiger partial charge in [-0.1, -0.05) is 18.4 Å². The van der Waals surface area contributed by atoms with Crippen molar-refractivity contribution in [2.24, 2.45) is 10.4 Å². The Morgan fingerprint density at radius 1 is 1.05 bits per heavy atom. The van der Waals surface area contributed by atoms with Crippen molar-refractivity contribution in [1.29, 1.82) is 0 Å². The van der Waals surface area contributed by atoms with Crippen LogP contribution in [0.4, 0.5) is 14.5 Å². The molecule has 1 aromatic heterocycles. The normalized spacial score (nSPS) is 32.5. The lowest BCUT2D eigenvalue weighted by atomic mass is 9.74. The number of aromatic nitrogens is 1. The van der Waals surface area contributed by atoms with E-state index in [2.05, 4.69) is 21.1 Å². The summed E-state index contributed by atoms with van der Waals surface area (Å²) in [6, 6.07) is 6.32. The molecule has 6 aliphatic rings. The number of aromatic hydroxyl groups is 1. The number of halogens is 2. The smallest absolute Gasteiger partial charge is 0.227 e. The molecule has 1 spiro atoms. The number of hydrogen-bond acceptors (Lipinski definition) is 11. The fourth-order valence-electron chi connectivity index (χ4n) is 10.4. The average Bonchev–Trinajstić information content (AvgIpc) is 3.77. The Balaban J connectivity index is 1.06. The monoisotopic (exact) mass is 757 g/mol. The van der Waals surface area contributed by atoms with Crippen molar-refractivity contribution >= 4 is 22.3 Å². The van der Waals surface area contributed by atoms with Crippen LogP contribution in [0.15, 0.2) is 35.5 Å². The molecule has 3 aromatic rings. The lowest BCUT2D eigenvalue weighted by Gasteiger charge is -2.52. The van der Waals surface area contributed by atoms with Crippen LogP contribution in [-0.2, 0) is 18.9 Å². The second kappa shape index (κ2) is 14.2. The molecular formula is C42H49F2N5O6. The number of phenols is 1. The maximum absolute atomic E-state index is 17.2. The van der Waals surface area contributed by atoms with Crippen molar-refractivity contribution < 1.29 is 37.9 Å². The number of rotatable bonds is 5. The number of aliphatic hydroxyl groups is 1. The van der Waals surface area contributed by atoms with Gasteiger partial charge in [0.1, 0.15) is 28.7 Å². The van der Waals surface area contributed by atoms with Gasteiger partial charge >= 0.3 is 0 Å². The molecule has 2 aromatic carbocycles. The number of nitrogens with zero attached hydrogens (tertiary/aromatic N) is 4. The number of amidine groups is 1. The van der Waals surface area contributed by atoms with E-state index < -0.39 is 23.6 Å². The molecule has 5 aliphatic heterocycles. The van der Waals surface area contributed by atoms with Gasteiger partial charge in [0.15, 0.2) is 5.82 Å². The number of anilines is 1. The second-order valence-corrected chi connectivity index (χ2v) is 16.7. The van der Waals surface area contributed by atoms with Gasteiger partial charge in [0.2, 0.25) is 6.35 Å². The Labute approximate surface area is 320 Å². The molecule has 1 saturated carbocycles. The molecule has 0 bridgehead atoms. The number of hydrogen-bond donors (Lipinski definition) is 3. The highest BCUT2D eigenvalue weighted by molar-refractivity contribution is 6.06. The van der Waals surface area contributed by atoms with E-state index >= 15 is 8.78 Å². The third-order valence-electron chi connectivity index (χ3n) is 12.9. The van der Waals surface area contributed by atoms with Crippen molar-refractivity contribution in [2.45, 2.75) is 87.9 Å². The summed E-state index contributed by atoms with van der Waals surface area (Å²) in [4.78, 5) is 14.2. The highest BCUT2D eigenvalue weighted by atomic mass is 19.1. The van der Waals surface area contributed by atoms with E-state index in [1.54, 1.807) is 6.92 Å².